The van der Waals surface area contributed by atoms with Crippen molar-refractivity contribution < 1.29 is 9.59 Å². The summed E-state index contributed by atoms with van der Waals surface area (Å²) in [6.45, 7) is 3.95. The van der Waals surface area contributed by atoms with E-state index in [0.717, 1.165) is 24.1 Å². The fourth-order valence-corrected chi connectivity index (χ4v) is 2.90. The van der Waals surface area contributed by atoms with E-state index in [-0.39, 0.29) is 11.8 Å². The fourth-order valence-electron chi connectivity index (χ4n) is 2.90. The fraction of sp³-hybridized carbons (Fsp3) is 0.529. The molecule has 1 saturated carbocycles. The van der Waals surface area contributed by atoms with Crippen LogP contribution in [0.4, 0.5) is 5.69 Å². The number of nitrogens with zero attached hydrogens (tertiary/aromatic N) is 1. The summed E-state index contributed by atoms with van der Waals surface area (Å²) in [5.74, 6) is 0.0136. The van der Waals surface area contributed by atoms with Crippen molar-refractivity contribution in [1.82, 2.24) is 5.32 Å². The minimum Gasteiger partial charge on any atom is -0.353 e. The molecule has 1 aliphatic carbocycles. The molecule has 4 nitrogen and oxygen atoms in total. The molecule has 1 aromatic rings. The van der Waals surface area contributed by atoms with Gasteiger partial charge in [0.05, 0.1) is 0 Å². The van der Waals surface area contributed by atoms with Crippen LogP contribution in [0.15, 0.2) is 24.3 Å². The van der Waals surface area contributed by atoms with Gasteiger partial charge in [-0.15, -0.1) is 0 Å². The Kier molecular flexibility index (Phi) is 5.37. The lowest BCUT2D eigenvalue weighted by molar-refractivity contribution is -0.121. The Labute approximate surface area is 126 Å². The van der Waals surface area contributed by atoms with Crippen molar-refractivity contribution >= 4 is 17.5 Å². The first-order chi connectivity index (χ1) is 10.1. The van der Waals surface area contributed by atoms with Crippen LogP contribution in [-0.2, 0) is 9.59 Å². The third-order valence-electron chi connectivity index (χ3n) is 4.07. The number of hydrogen-bond acceptors (Lipinski definition) is 2. The van der Waals surface area contributed by atoms with Crippen LogP contribution in [0.5, 0.6) is 0 Å². The van der Waals surface area contributed by atoms with Gasteiger partial charge in [0.15, 0.2) is 0 Å². The van der Waals surface area contributed by atoms with Crippen molar-refractivity contribution in [3.8, 4) is 0 Å². The van der Waals surface area contributed by atoms with Gasteiger partial charge in [-0.2, -0.15) is 0 Å². The maximum Gasteiger partial charge on any atom is 0.223 e. The zero-order valence-corrected chi connectivity index (χ0v) is 12.9. The largest absolute Gasteiger partial charge is 0.353 e. The second-order valence-corrected chi connectivity index (χ2v) is 5.76. The molecule has 0 spiro atoms. The Hall–Kier alpha value is -1.84. The highest BCUT2D eigenvalue weighted by molar-refractivity contribution is 5.93. The summed E-state index contributed by atoms with van der Waals surface area (Å²) in [5, 5.41) is 3.06. The van der Waals surface area contributed by atoms with Crippen LogP contribution in [0.1, 0.15) is 44.6 Å². The second kappa shape index (κ2) is 7.25. The van der Waals surface area contributed by atoms with E-state index in [9.17, 15) is 9.59 Å². The molecular weight excluding hydrogens is 264 g/mol. The van der Waals surface area contributed by atoms with Crippen molar-refractivity contribution in [2.45, 2.75) is 52.0 Å². The average molecular weight is 288 g/mol. The molecule has 21 heavy (non-hydrogen) atoms. The molecule has 0 atom stereocenters. The second-order valence-electron chi connectivity index (χ2n) is 5.76. The van der Waals surface area contributed by atoms with Crippen LogP contribution in [-0.4, -0.2) is 24.4 Å². The summed E-state index contributed by atoms with van der Waals surface area (Å²) < 4.78 is 0. The van der Waals surface area contributed by atoms with Crippen LogP contribution in [0.25, 0.3) is 0 Å². The van der Waals surface area contributed by atoms with Gasteiger partial charge < -0.3 is 10.2 Å². The van der Waals surface area contributed by atoms with Crippen LogP contribution in [0, 0.1) is 6.92 Å². The normalized spacial score (nSPS) is 15.0. The topological polar surface area (TPSA) is 49.4 Å². The molecule has 4 heteroatoms. The van der Waals surface area contributed by atoms with Crippen molar-refractivity contribution in [3.05, 3.63) is 29.8 Å². The number of rotatable bonds is 5. The number of para-hydroxylation sites is 1. The number of nitrogens with one attached hydrogen (secondary N) is 1. The number of carbonyl (C=O) groups is 2. The lowest BCUT2D eigenvalue weighted by Gasteiger charge is -2.23. The molecule has 1 aromatic carbocycles. The van der Waals surface area contributed by atoms with E-state index < -0.39 is 0 Å². The van der Waals surface area contributed by atoms with Gasteiger partial charge in [-0.05, 0) is 31.4 Å². The van der Waals surface area contributed by atoms with Crippen LogP contribution >= 0.6 is 0 Å². The molecule has 0 aromatic heterocycles. The SMILES string of the molecule is CC(=O)N(CCC(=O)NC1CCCC1)c1ccccc1C. The monoisotopic (exact) mass is 288 g/mol. The van der Waals surface area contributed by atoms with Crippen LogP contribution < -0.4 is 10.2 Å². The first kappa shape index (κ1) is 15.5. The van der Waals surface area contributed by atoms with Crippen LogP contribution in [0.2, 0.25) is 0 Å². The molecule has 2 rings (SSSR count). The van der Waals surface area contributed by atoms with E-state index in [1.54, 1.807) is 11.8 Å². The lowest BCUT2D eigenvalue weighted by atomic mass is 10.1. The maximum atomic E-state index is 12.0. The Bertz CT molecular complexity index is 507. The Morgan fingerprint density at radius 1 is 1.24 bits per heavy atom. The highest BCUT2D eigenvalue weighted by Gasteiger charge is 2.19. The third-order valence-corrected chi connectivity index (χ3v) is 4.07. The molecule has 1 aliphatic rings. The zero-order chi connectivity index (χ0) is 15.2. The van der Waals surface area contributed by atoms with Crippen molar-refractivity contribution in [2.75, 3.05) is 11.4 Å². The minimum absolute atomic E-state index is 0.0297. The number of carbonyl (C=O) groups excluding carboxylic acids is 2. The molecule has 0 bridgehead atoms. The summed E-state index contributed by atoms with van der Waals surface area (Å²) in [4.78, 5) is 25.5. The van der Waals surface area contributed by atoms with E-state index in [4.69, 9.17) is 0 Å². The standard InChI is InChI=1S/C17H24N2O2/c1-13-7-3-6-10-16(13)19(14(2)20)12-11-17(21)18-15-8-4-5-9-15/h3,6-7,10,15H,4-5,8-9,11-12H2,1-2H3,(H,18,21). The first-order valence-corrected chi connectivity index (χ1v) is 7.71. The summed E-state index contributed by atoms with van der Waals surface area (Å²) in [6.07, 6.45) is 4.92. The number of amides is 2. The summed E-state index contributed by atoms with van der Waals surface area (Å²) in [5.41, 5.74) is 1.93. The molecular formula is C17H24N2O2. The Morgan fingerprint density at radius 3 is 2.52 bits per heavy atom. The van der Waals surface area contributed by atoms with E-state index in [2.05, 4.69) is 5.32 Å². The van der Waals surface area contributed by atoms with Crippen molar-refractivity contribution in [3.63, 3.8) is 0 Å². The van der Waals surface area contributed by atoms with Crippen molar-refractivity contribution in [2.24, 2.45) is 0 Å². The molecule has 1 N–H and O–H groups in total. The molecule has 2 amide bonds. The molecule has 0 radical (unpaired) electrons. The Morgan fingerprint density at radius 2 is 1.90 bits per heavy atom. The van der Waals surface area contributed by atoms with E-state index in [1.807, 2.05) is 31.2 Å². The van der Waals surface area contributed by atoms with Crippen molar-refractivity contribution in [1.29, 1.82) is 0 Å². The highest BCUT2D eigenvalue weighted by atomic mass is 16.2. The molecule has 114 valence electrons. The molecule has 0 heterocycles. The Balaban J connectivity index is 1.93. The van der Waals surface area contributed by atoms with Gasteiger partial charge >= 0.3 is 0 Å². The van der Waals surface area contributed by atoms with Gasteiger partial charge in [0, 0.05) is 31.6 Å². The van der Waals surface area contributed by atoms with E-state index in [1.165, 1.54) is 12.8 Å². The quantitative estimate of drug-likeness (QED) is 0.905. The predicted octanol–water partition coefficient (Wildman–Crippen LogP) is 2.80. The first-order valence-electron chi connectivity index (χ1n) is 7.71. The molecule has 1 fully saturated rings. The number of benzene rings is 1. The van der Waals surface area contributed by atoms with Gasteiger partial charge in [-0.1, -0.05) is 31.0 Å². The van der Waals surface area contributed by atoms with Gasteiger partial charge in [0.1, 0.15) is 0 Å². The highest BCUT2D eigenvalue weighted by Crippen LogP contribution is 2.20. The minimum atomic E-state index is -0.0297. The van der Waals surface area contributed by atoms with Gasteiger partial charge in [-0.25, -0.2) is 0 Å². The maximum absolute atomic E-state index is 12.0. The lowest BCUT2D eigenvalue weighted by Crippen LogP contribution is -2.37. The summed E-state index contributed by atoms with van der Waals surface area (Å²) >= 11 is 0. The van der Waals surface area contributed by atoms with E-state index in [0.29, 0.717) is 19.0 Å². The van der Waals surface area contributed by atoms with Gasteiger partial charge in [-0.3, -0.25) is 9.59 Å². The van der Waals surface area contributed by atoms with Crippen LogP contribution in [0.3, 0.4) is 0 Å². The summed E-state index contributed by atoms with van der Waals surface area (Å²) in [7, 11) is 0. The molecule has 0 aliphatic heterocycles. The number of anilines is 1. The molecule has 0 saturated heterocycles. The number of hydrogen-bond donors (Lipinski definition) is 1. The van der Waals surface area contributed by atoms with Gasteiger partial charge in [0.2, 0.25) is 11.8 Å². The third kappa shape index (κ3) is 4.31. The average Bonchev–Trinajstić information content (AvgIpc) is 2.93. The smallest absolute Gasteiger partial charge is 0.223 e. The zero-order valence-electron chi connectivity index (χ0n) is 12.9. The summed E-state index contributed by atoms with van der Waals surface area (Å²) in [6, 6.07) is 8.10. The number of aryl methyl sites for hydroxylation is 1. The predicted molar refractivity (Wildman–Crippen MR) is 84.2 cm³/mol. The van der Waals surface area contributed by atoms with Gasteiger partial charge in [0.25, 0.3) is 0 Å². The van der Waals surface area contributed by atoms with E-state index >= 15 is 0 Å². The molecule has 0 unspecified atom stereocenters.